The number of nitrogens with zero attached hydrogens (tertiary/aromatic N) is 3. The summed E-state index contributed by atoms with van der Waals surface area (Å²) in [5.74, 6) is -0.0328. The molecule has 116 valence electrons. The molecule has 2 N–H and O–H groups in total. The number of rotatable bonds is 4. The molecule has 0 aliphatic heterocycles. The average Bonchev–Trinajstić information content (AvgIpc) is 3.04. The van der Waals surface area contributed by atoms with E-state index >= 15 is 0 Å². The van der Waals surface area contributed by atoms with Crippen LogP contribution in [-0.2, 0) is 5.41 Å². The molecule has 5 nitrogen and oxygen atoms in total. The molecule has 0 radical (unpaired) electrons. The largest absolute Gasteiger partial charge is 0.392 e. The van der Waals surface area contributed by atoms with Crippen molar-refractivity contribution in [3.05, 3.63) is 10.6 Å². The molecule has 21 heavy (non-hydrogen) atoms. The van der Waals surface area contributed by atoms with Gasteiger partial charge in [0.25, 0.3) is 5.91 Å². The lowest BCUT2D eigenvalue weighted by Crippen LogP contribution is -2.44. The second kappa shape index (κ2) is 6.36. The van der Waals surface area contributed by atoms with E-state index in [0.29, 0.717) is 16.4 Å². The third kappa shape index (κ3) is 3.77. The van der Waals surface area contributed by atoms with Gasteiger partial charge in [0.05, 0.1) is 17.2 Å². The molecule has 1 fully saturated rings. The van der Waals surface area contributed by atoms with Gasteiger partial charge < -0.3 is 10.6 Å². The van der Waals surface area contributed by atoms with Gasteiger partial charge in [0, 0.05) is 11.5 Å². The van der Waals surface area contributed by atoms with E-state index in [1.165, 1.54) is 0 Å². The zero-order valence-electron chi connectivity index (χ0n) is 12.8. The molecule has 1 aromatic rings. The first kappa shape index (κ1) is 16.3. The molecule has 0 unspecified atom stereocenters. The van der Waals surface area contributed by atoms with Crippen molar-refractivity contribution in [3.8, 4) is 0 Å². The molecule has 1 aliphatic carbocycles. The summed E-state index contributed by atoms with van der Waals surface area (Å²) < 4.78 is 3.98. The summed E-state index contributed by atoms with van der Waals surface area (Å²) in [7, 11) is 0. The molecule has 0 spiro atoms. The molecular weight excluding hydrogens is 304 g/mol. The van der Waals surface area contributed by atoms with Gasteiger partial charge >= 0.3 is 0 Å². The van der Waals surface area contributed by atoms with Gasteiger partial charge in [-0.2, -0.15) is 0 Å². The summed E-state index contributed by atoms with van der Waals surface area (Å²) in [4.78, 5) is 15.7. The number of hydrogen-bond donors (Lipinski definition) is 1. The van der Waals surface area contributed by atoms with Crippen LogP contribution in [0.15, 0.2) is 0 Å². The molecule has 0 saturated heterocycles. The molecular formula is C14H22N4OS2. The second-order valence-electron chi connectivity index (χ2n) is 6.54. The maximum absolute atomic E-state index is 12.9. The topological polar surface area (TPSA) is 72.1 Å². The number of carbonyl (C=O) groups excluding carboxylic acids is 1. The van der Waals surface area contributed by atoms with Crippen LogP contribution in [0.25, 0.3) is 0 Å². The van der Waals surface area contributed by atoms with Gasteiger partial charge in [-0.05, 0) is 24.4 Å². The lowest BCUT2D eigenvalue weighted by molar-refractivity contribution is 0.0717. The molecule has 2 rings (SSSR count). The van der Waals surface area contributed by atoms with Crippen molar-refractivity contribution in [3.63, 3.8) is 0 Å². The smallest absolute Gasteiger partial charge is 0.268 e. The summed E-state index contributed by atoms with van der Waals surface area (Å²) in [6.07, 6.45) is 4.34. The maximum Gasteiger partial charge on any atom is 0.268 e. The van der Waals surface area contributed by atoms with Crippen molar-refractivity contribution in [2.24, 2.45) is 5.73 Å². The number of carbonyl (C=O) groups is 1. The fraction of sp³-hybridized carbons (Fsp3) is 0.714. The van der Waals surface area contributed by atoms with Crippen LogP contribution in [0.4, 0.5) is 0 Å². The van der Waals surface area contributed by atoms with E-state index in [2.05, 4.69) is 9.59 Å². The Morgan fingerprint density at radius 1 is 1.43 bits per heavy atom. The van der Waals surface area contributed by atoms with Gasteiger partial charge in [0.2, 0.25) is 0 Å². The molecule has 0 atom stereocenters. The fourth-order valence-corrected chi connectivity index (χ4v) is 3.67. The third-order valence-corrected chi connectivity index (χ3v) is 4.59. The number of nitrogens with two attached hydrogens (primary N) is 1. The lowest BCUT2D eigenvalue weighted by Gasteiger charge is -2.29. The first-order valence-corrected chi connectivity index (χ1v) is 8.41. The highest BCUT2D eigenvalue weighted by Gasteiger charge is 2.33. The van der Waals surface area contributed by atoms with Crippen LogP contribution in [0, 0.1) is 0 Å². The highest BCUT2D eigenvalue weighted by atomic mass is 32.1. The maximum atomic E-state index is 12.9. The average molecular weight is 326 g/mol. The van der Waals surface area contributed by atoms with Crippen LogP contribution in [0.2, 0.25) is 0 Å². The van der Waals surface area contributed by atoms with Gasteiger partial charge in [-0.15, -0.1) is 5.10 Å². The quantitative estimate of drug-likeness (QED) is 0.861. The predicted molar refractivity (Wildman–Crippen MR) is 88.7 cm³/mol. The van der Waals surface area contributed by atoms with Crippen LogP contribution < -0.4 is 5.73 Å². The van der Waals surface area contributed by atoms with E-state index in [9.17, 15) is 4.79 Å². The van der Waals surface area contributed by atoms with Gasteiger partial charge in [-0.3, -0.25) is 4.79 Å². The molecule has 1 saturated carbocycles. The zero-order chi connectivity index (χ0) is 15.6. The summed E-state index contributed by atoms with van der Waals surface area (Å²) in [5.41, 5.74) is 6.23. The summed E-state index contributed by atoms with van der Waals surface area (Å²) >= 11 is 6.18. The van der Waals surface area contributed by atoms with E-state index in [0.717, 1.165) is 42.9 Å². The van der Waals surface area contributed by atoms with Crippen molar-refractivity contribution in [1.82, 2.24) is 14.5 Å². The first-order valence-electron chi connectivity index (χ1n) is 7.23. The SMILES string of the molecule is CC(C)(C)c1nnsc1C(=O)N(CC(N)=S)C1CCCC1. The Morgan fingerprint density at radius 3 is 2.57 bits per heavy atom. The van der Waals surface area contributed by atoms with E-state index in [4.69, 9.17) is 18.0 Å². The Morgan fingerprint density at radius 2 is 2.05 bits per heavy atom. The Balaban J connectivity index is 2.30. The van der Waals surface area contributed by atoms with Gasteiger partial charge in [-0.1, -0.05) is 50.3 Å². The van der Waals surface area contributed by atoms with Crippen LogP contribution >= 0.6 is 23.8 Å². The minimum Gasteiger partial charge on any atom is -0.392 e. The number of aromatic nitrogens is 2. The Labute approximate surface area is 135 Å². The number of hydrogen-bond acceptors (Lipinski definition) is 5. The fourth-order valence-electron chi connectivity index (χ4n) is 2.70. The molecule has 0 bridgehead atoms. The predicted octanol–water partition coefficient (Wildman–Crippen LogP) is 2.51. The number of amides is 1. The second-order valence-corrected chi connectivity index (χ2v) is 7.82. The lowest BCUT2D eigenvalue weighted by atomic mass is 9.91. The monoisotopic (exact) mass is 326 g/mol. The summed E-state index contributed by atoms with van der Waals surface area (Å²) in [6.45, 7) is 6.44. The minimum absolute atomic E-state index is 0.0328. The summed E-state index contributed by atoms with van der Waals surface area (Å²) in [6, 6.07) is 0.230. The van der Waals surface area contributed by atoms with Crippen LogP contribution in [0.5, 0.6) is 0 Å². The Hall–Kier alpha value is -1.08. The Kier molecular flexibility index (Phi) is 4.93. The van der Waals surface area contributed by atoms with Crippen molar-refractivity contribution in [2.45, 2.75) is 57.9 Å². The summed E-state index contributed by atoms with van der Waals surface area (Å²) in [5, 5.41) is 4.15. The van der Waals surface area contributed by atoms with Gasteiger partial charge in [-0.25, -0.2) is 0 Å². The van der Waals surface area contributed by atoms with Crippen LogP contribution in [-0.4, -0.2) is 38.0 Å². The van der Waals surface area contributed by atoms with E-state index < -0.39 is 0 Å². The van der Waals surface area contributed by atoms with Crippen molar-refractivity contribution in [2.75, 3.05) is 6.54 Å². The first-order chi connectivity index (χ1) is 9.80. The van der Waals surface area contributed by atoms with Gasteiger partial charge in [0.1, 0.15) is 4.88 Å². The van der Waals surface area contributed by atoms with Crippen molar-refractivity contribution < 1.29 is 4.79 Å². The number of thiocarbonyl (C=S) groups is 1. The van der Waals surface area contributed by atoms with Gasteiger partial charge in [0.15, 0.2) is 0 Å². The van der Waals surface area contributed by atoms with E-state index in [1.54, 1.807) is 0 Å². The highest BCUT2D eigenvalue weighted by Crippen LogP contribution is 2.30. The standard InChI is InChI=1S/C14H22N4OS2/c1-14(2,3)12-11(21-17-16-12)13(19)18(8-10(15)20)9-6-4-5-7-9/h9H,4-8H2,1-3H3,(H2,15,20). The third-order valence-electron chi connectivity index (χ3n) is 3.75. The molecule has 7 heteroatoms. The molecule has 1 amide bonds. The molecule has 1 aliphatic rings. The van der Waals surface area contributed by atoms with Crippen molar-refractivity contribution >= 4 is 34.6 Å². The zero-order valence-corrected chi connectivity index (χ0v) is 14.4. The normalized spacial score (nSPS) is 16.1. The van der Waals surface area contributed by atoms with E-state index in [-0.39, 0.29) is 17.4 Å². The van der Waals surface area contributed by atoms with Crippen molar-refractivity contribution in [1.29, 1.82) is 0 Å². The Bertz CT molecular complexity index is 529. The molecule has 1 aromatic heterocycles. The van der Waals surface area contributed by atoms with Crippen LogP contribution in [0.3, 0.4) is 0 Å². The molecule has 0 aromatic carbocycles. The molecule has 1 heterocycles. The minimum atomic E-state index is -0.206. The van der Waals surface area contributed by atoms with Crippen LogP contribution in [0.1, 0.15) is 61.8 Å². The van der Waals surface area contributed by atoms with E-state index in [1.807, 2.05) is 25.7 Å². The highest BCUT2D eigenvalue weighted by molar-refractivity contribution is 7.80.